The summed E-state index contributed by atoms with van der Waals surface area (Å²) in [5.74, 6) is 0.0991. The predicted octanol–water partition coefficient (Wildman–Crippen LogP) is 3.90. The maximum absolute atomic E-state index is 12.9. The third-order valence-corrected chi connectivity index (χ3v) is 5.35. The van der Waals surface area contributed by atoms with Crippen molar-refractivity contribution in [3.63, 3.8) is 0 Å². The summed E-state index contributed by atoms with van der Waals surface area (Å²) in [5, 5.41) is 9.94. The number of hydrazone groups is 1. The summed E-state index contributed by atoms with van der Waals surface area (Å²) in [6, 6.07) is 15.3. The normalized spacial score (nSPS) is 15.5. The molecule has 5 rings (SSSR count). The number of esters is 1. The highest BCUT2D eigenvalue weighted by Gasteiger charge is 2.36. The van der Waals surface area contributed by atoms with Crippen LogP contribution < -0.4 is 0 Å². The van der Waals surface area contributed by atoms with Gasteiger partial charge in [0.15, 0.2) is 6.61 Å². The Morgan fingerprint density at radius 2 is 1.85 bits per heavy atom. The van der Waals surface area contributed by atoms with Gasteiger partial charge in [0.05, 0.1) is 23.8 Å². The minimum Gasteiger partial charge on any atom is -0.467 e. The first-order chi connectivity index (χ1) is 16.1. The Balaban J connectivity index is 1.27. The first-order valence-electron chi connectivity index (χ1n) is 10.3. The molecule has 33 heavy (non-hydrogen) atoms. The molecule has 0 saturated heterocycles. The summed E-state index contributed by atoms with van der Waals surface area (Å²) < 4.78 is 17.9. The van der Waals surface area contributed by atoms with Crippen LogP contribution in [0.25, 0.3) is 5.69 Å². The van der Waals surface area contributed by atoms with Gasteiger partial charge in [-0.1, -0.05) is 0 Å². The van der Waals surface area contributed by atoms with Crippen molar-refractivity contribution in [2.24, 2.45) is 5.10 Å². The van der Waals surface area contributed by atoms with Crippen molar-refractivity contribution in [1.82, 2.24) is 14.8 Å². The molecule has 0 N–H and O–H groups in total. The third kappa shape index (κ3) is 4.08. The second-order valence-electron chi connectivity index (χ2n) is 7.51. The topological polar surface area (TPSA) is 103 Å². The minimum atomic E-state index is -0.601. The summed E-state index contributed by atoms with van der Waals surface area (Å²) >= 11 is 0. The molecule has 3 aromatic heterocycles. The molecular weight excluding hydrogens is 424 g/mol. The number of nitrogens with zero attached hydrogens (tertiary/aromatic N) is 4. The molecule has 0 spiro atoms. The minimum absolute atomic E-state index is 0.333. The van der Waals surface area contributed by atoms with Crippen molar-refractivity contribution in [1.29, 1.82) is 0 Å². The molecular formula is C24H20N4O5. The van der Waals surface area contributed by atoms with E-state index in [0.29, 0.717) is 29.2 Å². The molecule has 0 aliphatic carbocycles. The van der Waals surface area contributed by atoms with Crippen molar-refractivity contribution < 1.29 is 23.2 Å². The highest BCUT2D eigenvalue weighted by molar-refractivity contribution is 6.01. The lowest BCUT2D eigenvalue weighted by molar-refractivity contribution is -0.136. The van der Waals surface area contributed by atoms with Gasteiger partial charge in [0, 0.05) is 18.3 Å². The van der Waals surface area contributed by atoms with Gasteiger partial charge in [-0.3, -0.25) is 4.79 Å². The van der Waals surface area contributed by atoms with Crippen molar-refractivity contribution in [2.75, 3.05) is 6.61 Å². The quantitative estimate of drug-likeness (QED) is 0.418. The van der Waals surface area contributed by atoms with Gasteiger partial charge in [-0.05, 0) is 61.5 Å². The van der Waals surface area contributed by atoms with E-state index < -0.39 is 24.5 Å². The number of furan rings is 2. The van der Waals surface area contributed by atoms with Crippen LogP contribution >= 0.6 is 0 Å². The summed E-state index contributed by atoms with van der Waals surface area (Å²) in [6.45, 7) is 1.49. The van der Waals surface area contributed by atoms with E-state index in [2.05, 4.69) is 10.2 Å². The van der Waals surface area contributed by atoms with E-state index in [0.717, 1.165) is 11.4 Å². The molecule has 1 aliphatic heterocycles. The van der Waals surface area contributed by atoms with E-state index in [-0.39, 0.29) is 0 Å². The van der Waals surface area contributed by atoms with E-state index in [1.165, 1.54) is 11.3 Å². The van der Waals surface area contributed by atoms with Crippen molar-refractivity contribution in [2.45, 2.75) is 19.4 Å². The van der Waals surface area contributed by atoms with Crippen LogP contribution in [0.4, 0.5) is 0 Å². The Labute approximate surface area is 188 Å². The first-order valence-corrected chi connectivity index (χ1v) is 10.3. The Hall–Kier alpha value is -4.40. The zero-order valence-corrected chi connectivity index (χ0v) is 17.7. The number of rotatable bonds is 6. The number of aromatic nitrogens is 2. The van der Waals surface area contributed by atoms with Crippen LogP contribution in [0.1, 0.15) is 40.0 Å². The summed E-state index contributed by atoms with van der Waals surface area (Å²) in [7, 11) is 0. The smallest absolute Gasteiger partial charge is 0.338 e. The number of amides is 1. The molecule has 4 heterocycles. The van der Waals surface area contributed by atoms with Gasteiger partial charge in [0.2, 0.25) is 0 Å². The van der Waals surface area contributed by atoms with Crippen molar-refractivity contribution in [3.8, 4) is 5.69 Å². The number of carbonyl (C=O) groups is 2. The van der Waals surface area contributed by atoms with Gasteiger partial charge in [-0.15, -0.1) is 0 Å². The molecule has 0 fully saturated rings. The van der Waals surface area contributed by atoms with Crippen LogP contribution in [0, 0.1) is 6.92 Å². The zero-order valence-electron chi connectivity index (χ0n) is 17.7. The van der Waals surface area contributed by atoms with Gasteiger partial charge < -0.3 is 13.6 Å². The number of ether oxygens (including phenoxy) is 1. The number of aryl methyl sites for hydroxylation is 1. The van der Waals surface area contributed by atoms with E-state index in [4.69, 9.17) is 13.6 Å². The van der Waals surface area contributed by atoms with Crippen LogP contribution in [0.5, 0.6) is 0 Å². The van der Waals surface area contributed by atoms with Gasteiger partial charge in [0.1, 0.15) is 23.3 Å². The van der Waals surface area contributed by atoms with Gasteiger partial charge in [-0.2, -0.15) is 10.2 Å². The summed E-state index contributed by atoms with van der Waals surface area (Å²) in [4.78, 5) is 25.4. The average Bonchev–Trinajstić information content (AvgIpc) is 3.62. The summed E-state index contributed by atoms with van der Waals surface area (Å²) in [6.07, 6.45) is 5.22. The van der Waals surface area contributed by atoms with Crippen LogP contribution in [0.3, 0.4) is 0 Å². The largest absolute Gasteiger partial charge is 0.467 e. The third-order valence-electron chi connectivity index (χ3n) is 5.35. The standard InChI is InChI=1S/C24H20N4O5/c1-16-10-11-25-27(16)18-8-6-17(7-9-18)24(30)33-15-23(29)28-20(22-5-3-13-32-22)14-19(26-28)21-4-2-12-31-21/h2-13,20H,14-15H2,1H3. The van der Waals surface area contributed by atoms with E-state index in [1.807, 2.05) is 13.0 Å². The average molecular weight is 444 g/mol. The Morgan fingerprint density at radius 1 is 1.06 bits per heavy atom. The molecule has 1 atom stereocenters. The lowest BCUT2D eigenvalue weighted by Gasteiger charge is -2.19. The Bertz CT molecular complexity index is 1290. The molecule has 1 aliphatic rings. The van der Waals surface area contributed by atoms with Crippen LogP contribution in [0.15, 0.2) is 87.3 Å². The predicted molar refractivity (Wildman–Crippen MR) is 117 cm³/mol. The van der Waals surface area contributed by atoms with E-state index >= 15 is 0 Å². The lowest BCUT2D eigenvalue weighted by atomic mass is 10.1. The first kappa shape index (κ1) is 20.5. The molecule has 0 saturated carbocycles. The highest BCUT2D eigenvalue weighted by atomic mass is 16.5. The molecule has 9 nitrogen and oxygen atoms in total. The molecule has 9 heteroatoms. The van der Waals surface area contributed by atoms with Gasteiger partial charge in [-0.25, -0.2) is 14.5 Å². The number of hydrogen-bond donors (Lipinski definition) is 0. The molecule has 0 radical (unpaired) electrons. The second-order valence-corrected chi connectivity index (χ2v) is 7.51. The molecule has 1 aromatic carbocycles. The summed E-state index contributed by atoms with van der Waals surface area (Å²) in [5.41, 5.74) is 2.75. The zero-order chi connectivity index (χ0) is 22.8. The fraction of sp³-hybridized carbons (Fsp3) is 0.167. The van der Waals surface area contributed by atoms with Crippen molar-refractivity contribution in [3.05, 3.63) is 96.1 Å². The van der Waals surface area contributed by atoms with E-state index in [1.54, 1.807) is 65.7 Å². The maximum Gasteiger partial charge on any atom is 0.338 e. The fourth-order valence-electron chi connectivity index (χ4n) is 3.69. The monoisotopic (exact) mass is 444 g/mol. The van der Waals surface area contributed by atoms with Gasteiger partial charge in [0.25, 0.3) is 5.91 Å². The fourth-order valence-corrected chi connectivity index (χ4v) is 3.69. The molecule has 4 aromatic rings. The Kier molecular flexibility index (Phi) is 5.35. The maximum atomic E-state index is 12.9. The highest BCUT2D eigenvalue weighted by Crippen LogP contribution is 2.33. The van der Waals surface area contributed by atoms with Crippen LogP contribution in [-0.2, 0) is 9.53 Å². The lowest BCUT2D eigenvalue weighted by Crippen LogP contribution is -2.31. The molecule has 0 bridgehead atoms. The number of hydrogen-bond acceptors (Lipinski definition) is 7. The van der Waals surface area contributed by atoms with Crippen molar-refractivity contribution >= 4 is 17.6 Å². The van der Waals surface area contributed by atoms with Crippen LogP contribution in [0.2, 0.25) is 0 Å². The Morgan fingerprint density at radius 3 is 2.52 bits per heavy atom. The number of carbonyl (C=O) groups excluding carboxylic acids is 2. The van der Waals surface area contributed by atoms with Crippen LogP contribution in [-0.4, -0.2) is 39.0 Å². The second kappa shape index (κ2) is 8.62. The molecule has 1 unspecified atom stereocenters. The molecule has 166 valence electrons. The molecule has 1 amide bonds. The van der Waals surface area contributed by atoms with Gasteiger partial charge >= 0.3 is 5.97 Å². The SMILES string of the molecule is Cc1ccnn1-c1ccc(C(=O)OCC(=O)N2N=C(c3ccco3)CC2c2ccco2)cc1. The van der Waals surface area contributed by atoms with E-state index in [9.17, 15) is 9.59 Å². The number of benzene rings is 1.